The lowest BCUT2D eigenvalue weighted by molar-refractivity contribution is -0.137. The molecule has 10 heteroatoms. The van der Waals surface area contributed by atoms with Crippen LogP contribution in [0.5, 0.6) is 0 Å². The lowest BCUT2D eigenvalue weighted by Crippen LogP contribution is -2.10. The molecule has 0 fully saturated rings. The number of aromatic nitrogens is 4. The van der Waals surface area contributed by atoms with Crippen molar-refractivity contribution in [3.63, 3.8) is 0 Å². The van der Waals surface area contributed by atoms with Gasteiger partial charge in [-0.2, -0.15) is 13.2 Å². The highest BCUT2D eigenvalue weighted by atomic mass is 19.4. The third kappa shape index (κ3) is 3.25. The summed E-state index contributed by atoms with van der Waals surface area (Å²) >= 11 is 0. The van der Waals surface area contributed by atoms with Crippen LogP contribution in [0.25, 0.3) is 44.3 Å². The molecule has 34 heavy (non-hydrogen) atoms. The maximum atomic E-state index is 14.5. The van der Waals surface area contributed by atoms with Crippen LogP contribution in [0.4, 0.5) is 17.6 Å². The molecule has 174 valence electrons. The summed E-state index contributed by atoms with van der Waals surface area (Å²) in [5.41, 5.74) is -0.243. The van der Waals surface area contributed by atoms with Gasteiger partial charge in [-0.15, -0.1) is 0 Å². The van der Waals surface area contributed by atoms with Gasteiger partial charge in [-0.25, -0.2) is 14.2 Å². The van der Waals surface area contributed by atoms with E-state index in [1.165, 1.54) is 24.4 Å². The molecule has 0 amide bonds. The van der Waals surface area contributed by atoms with Gasteiger partial charge in [0.15, 0.2) is 0 Å². The number of aromatic carboxylic acids is 1. The van der Waals surface area contributed by atoms with Gasteiger partial charge in [-0.1, -0.05) is 13.8 Å². The maximum Gasteiger partial charge on any atom is 0.418 e. The van der Waals surface area contributed by atoms with E-state index in [-0.39, 0.29) is 27.9 Å². The molecule has 0 saturated carbocycles. The number of pyridine rings is 1. The van der Waals surface area contributed by atoms with Gasteiger partial charge >= 0.3 is 12.1 Å². The van der Waals surface area contributed by atoms with Crippen molar-refractivity contribution in [1.29, 1.82) is 0 Å². The number of fused-ring (bicyclic) bond motifs is 2. The number of hydrogen-bond acceptors (Lipinski definition) is 2. The number of nitrogens with one attached hydrogen (secondary N) is 3. The molecule has 6 nitrogen and oxygen atoms in total. The summed E-state index contributed by atoms with van der Waals surface area (Å²) in [6, 6.07) is 5.67. The van der Waals surface area contributed by atoms with E-state index >= 15 is 0 Å². The second-order valence-corrected chi connectivity index (χ2v) is 8.30. The highest BCUT2D eigenvalue weighted by Crippen LogP contribution is 2.47. The van der Waals surface area contributed by atoms with E-state index in [9.17, 15) is 27.5 Å². The highest BCUT2D eigenvalue weighted by molar-refractivity contribution is 6.07. The van der Waals surface area contributed by atoms with Crippen molar-refractivity contribution >= 4 is 27.9 Å². The summed E-state index contributed by atoms with van der Waals surface area (Å²) in [6.45, 7) is 3.50. The van der Waals surface area contributed by atoms with Crippen LogP contribution in [0.1, 0.15) is 41.4 Å². The number of carbonyl (C=O) groups is 1. The fraction of sp³-hybridized carbons (Fsp3) is 0.167. The molecular weight excluding hydrogens is 452 g/mol. The number of hydrogen-bond donors (Lipinski definition) is 4. The third-order valence-electron chi connectivity index (χ3n) is 5.87. The zero-order chi connectivity index (χ0) is 24.4. The Bertz CT molecular complexity index is 1570. The number of halogens is 4. The van der Waals surface area contributed by atoms with Crippen LogP contribution in [-0.4, -0.2) is 31.0 Å². The van der Waals surface area contributed by atoms with E-state index < -0.39 is 35.1 Å². The van der Waals surface area contributed by atoms with Gasteiger partial charge in [0.25, 0.3) is 0 Å². The Hall–Kier alpha value is -4.08. The highest BCUT2D eigenvalue weighted by Gasteiger charge is 2.38. The van der Waals surface area contributed by atoms with Gasteiger partial charge in [0.1, 0.15) is 17.2 Å². The smallest absolute Gasteiger partial charge is 0.418 e. The van der Waals surface area contributed by atoms with E-state index in [0.29, 0.717) is 28.2 Å². The summed E-state index contributed by atoms with van der Waals surface area (Å²) in [6.07, 6.45) is -1.04. The van der Waals surface area contributed by atoms with Gasteiger partial charge in [0, 0.05) is 51.6 Å². The van der Waals surface area contributed by atoms with Crippen LogP contribution in [0.2, 0.25) is 0 Å². The molecule has 4 aromatic heterocycles. The number of alkyl halides is 3. The summed E-state index contributed by atoms with van der Waals surface area (Å²) in [4.78, 5) is 24.7. The first-order valence-corrected chi connectivity index (χ1v) is 10.4. The third-order valence-corrected chi connectivity index (χ3v) is 5.87. The summed E-state index contributed by atoms with van der Waals surface area (Å²) in [5.74, 6) is -2.41. The summed E-state index contributed by atoms with van der Waals surface area (Å²) < 4.78 is 56.8. The molecule has 0 unspecified atom stereocenters. The van der Waals surface area contributed by atoms with E-state index in [4.69, 9.17) is 0 Å². The Balaban J connectivity index is 1.97. The molecule has 0 atom stereocenters. The average molecular weight is 470 g/mol. The molecule has 0 spiro atoms. The van der Waals surface area contributed by atoms with Crippen molar-refractivity contribution in [3.05, 3.63) is 65.5 Å². The van der Waals surface area contributed by atoms with Gasteiger partial charge in [-0.05, 0) is 35.7 Å². The van der Waals surface area contributed by atoms with Crippen molar-refractivity contribution in [2.75, 3.05) is 0 Å². The van der Waals surface area contributed by atoms with Crippen molar-refractivity contribution in [3.8, 4) is 22.4 Å². The number of benzene rings is 1. The quantitative estimate of drug-likeness (QED) is 0.220. The predicted molar refractivity (Wildman–Crippen MR) is 119 cm³/mol. The monoisotopic (exact) mass is 470 g/mol. The molecule has 0 aliphatic carbocycles. The topological polar surface area (TPSA) is 97.6 Å². The molecule has 0 bridgehead atoms. The number of nitrogens with zero attached hydrogens (tertiary/aromatic N) is 1. The van der Waals surface area contributed by atoms with E-state index in [1.54, 1.807) is 26.1 Å². The Morgan fingerprint density at radius 2 is 1.76 bits per heavy atom. The zero-order valence-corrected chi connectivity index (χ0v) is 17.9. The Labute approximate surface area is 189 Å². The molecule has 0 radical (unpaired) electrons. The van der Waals surface area contributed by atoms with Gasteiger partial charge in [0.2, 0.25) is 0 Å². The van der Waals surface area contributed by atoms with Crippen molar-refractivity contribution in [1.82, 2.24) is 19.9 Å². The standard InChI is InChI=1S/C24H18F4N4O2/c1-10(2)17-19(18-13-4-6-30-22(13)31-9-15(18)24(26,27)28)21(23(33)34)32-20(17)14-7-11(25)8-16-12(14)3-5-29-16/h3-10,29,32H,1-2H3,(H,30,31)(H,33,34). The normalized spacial score (nSPS) is 12.3. The molecule has 4 N–H and O–H groups in total. The molecule has 0 aliphatic heterocycles. The molecule has 0 saturated heterocycles. The molecule has 4 heterocycles. The number of rotatable bonds is 4. The lowest BCUT2D eigenvalue weighted by Gasteiger charge is -2.17. The minimum absolute atomic E-state index is 0.0928. The number of aromatic amines is 3. The van der Waals surface area contributed by atoms with Gasteiger partial charge < -0.3 is 20.1 Å². The zero-order valence-electron chi connectivity index (χ0n) is 17.9. The van der Waals surface area contributed by atoms with Crippen molar-refractivity contribution in [2.45, 2.75) is 25.9 Å². The van der Waals surface area contributed by atoms with Crippen LogP contribution in [0.3, 0.4) is 0 Å². The Kier molecular flexibility index (Phi) is 4.78. The predicted octanol–water partition coefficient (Wildman–Crippen LogP) is 6.69. The molecule has 1 aromatic carbocycles. The van der Waals surface area contributed by atoms with Crippen molar-refractivity contribution < 1.29 is 27.5 Å². The van der Waals surface area contributed by atoms with Crippen LogP contribution >= 0.6 is 0 Å². The second-order valence-electron chi connectivity index (χ2n) is 8.30. The Morgan fingerprint density at radius 3 is 2.44 bits per heavy atom. The Morgan fingerprint density at radius 1 is 1.06 bits per heavy atom. The van der Waals surface area contributed by atoms with Gasteiger partial charge in [-0.3, -0.25) is 0 Å². The first kappa shape index (κ1) is 21.7. The summed E-state index contributed by atoms with van der Waals surface area (Å²) in [7, 11) is 0. The van der Waals surface area contributed by atoms with Crippen LogP contribution in [-0.2, 0) is 6.18 Å². The number of H-pyrrole nitrogens is 3. The summed E-state index contributed by atoms with van der Waals surface area (Å²) in [5, 5.41) is 10.8. The first-order chi connectivity index (χ1) is 16.1. The number of carboxylic acid groups (broad SMARTS) is 1. The lowest BCUT2D eigenvalue weighted by atomic mass is 9.87. The SMILES string of the molecule is CC(C)c1c(-c2cc(F)cc3[nH]ccc23)[nH]c(C(=O)O)c1-c1c(C(F)(F)F)cnc2[nH]ccc12. The largest absolute Gasteiger partial charge is 0.477 e. The maximum absolute atomic E-state index is 14.5. The second kappa shape index (κ2) is 7.47. The van der Waals surface area contributed by atoms with E-state index in [2.05, 4.69) is 19.9 Å². The molecule has 0 aliphatic rings. The van der Waals surface area contributed by atoms with E-state index in [0.717, 1.165) is 0 Å². The van der Waals surface area contributed by atoms with Crippen LogP contribution in [0, 0.1) is 5.82 Å². The molecular formula is C24H18F4N4O2. The van der Waals surface area contributed by atoms with Crippen LogP contribution < -0.4 is 0 Å². The average Bonchev–Trinajstić information content (AvgIpc) is 3.48. The minimum Gasteiger partial charge on any atom is -0.477 e. The van der Waals surface area contributed by atoms with Crippen molar-refractivity contribution in [2.24, 2.45) is 0 Å². The van der Waals surface area contributed by atoms with E-state index in [1.807, 2.05) is 0 Å². The minimum atomic E-state index is -4.79. The fourth-order valence-corrected chi connectivity index (χ4v) is 4.56. The molecule has 5 aromatic rings. The van der Waals surface area contributed by atoms with Crippen LogP contribution in [0.15, 0.2) is 42.9 Å². The first-order valence-electron chi connectivity index (χ1n) is 10.4. The molecule has 5 rings (SSSR count). The fourth-order valence-electron chi connectivity index (χ4n) is 4.56. The van der Waals surface area contributed by atoms with Gasteiger partial charge in [0.05, 0.1) is 11.3 Å². The number of carboxylic acids is 1.